The third kappa shape index (κ3) is 9.42. The fourth-order valence-electron chi connectivity index (χ4n) is 7.08. The molecule has 0 radical (unpaired) electrons. The molecule has 3 aromatic carbocycles. The summed E-state index contributed by atoms with van der Waals surface area (Å²) in [5, 5.41) is 23.3. The molecule has 2 aromatic heterocycles. The van der Waals surface area contributed by atoms with E-state index < -0.39 is 47.9 Å². The maximum Gasteiger partial charge on any atom is 0.326 e. The minimum atomic E-state index is -1.20. The summed E-state index contributed by atoms with van der Waals surface area (Å²) >= 11 is 1.41. The minimum Gasteiger partial charge on any atom is -0.480 e. The number of rotatable bonds is 15. The van der Waals surface area contributed by atoms with Gasteiger partial charge in [-0.05, 0) is 51.8 Å². The Labute approximate surface area is 301 Å². The zero-order chi connectivity index (χ0) is 35.7. The van der Waals surface area contributed by atoms with E-state index in [9.17, 15) is 24.3 Å². The summed E-state index contributed by atoms with van der Waals surface area (Å²) in [7, 11) is 0. The number of benzene rings is 3. The third-order valence-corrected chi connectivity index (χ3v) is 10.8. The molecule has 51 heavy (non-hydrogen) atoms. The van der Waals surface area contributed by atoms with Crippen LogP contribution in [0.2, 0.25) is 0 Å². The number of carbonyl (C=O) groups excluding carboxylic acids is 3. The lowest BCUT2D eigenvalue weighted by molar-refractivity contribution is -0.142. The Balaban J connectivity index is 1.26. The molecular weight excluding hydrogens is 663 g/mol. The highest BCUT2D eigenvalue weighted by molar-refractivity contribution is 7.09. The maximum absolute atomic E-state index is 14.3. The number of para-hydroxylation sites is 1. The normalized spacial score (nSPS) is 15.9. The van der Waals surface area contributed by atoms with E-state index in [0.717, 1.165) is 63.4 Å². The number of nitrogens with one attached hydrogen (secondary N) is 4. The number of aliphatic carboxylic acids is 1. The van der Waals surface area contributed by atoms with E-state index in [0.29, 0.717) is 12.3 Å². The summed E-state index contributed by atoms with van der Waals surface area (Å²) in [5.74, 6) is -2.43. The Kier molecular flexibility index (Phi) is 11.8. The van der Waals surface area contributed by atoms with Crippen molar-refractivity contribution >= 4 is 56.7 Å². The van der Waals surface area contributed by atoms with E-state index in [1.807, 2.05) is 84.2 Å². The van der Waals surface area contributed by atoms with Gasteiger partial charge in [0, 0.05) is 41.2 Å². The van der Waals surface area contributed by atoms with Crippen LogP contribution in [-0.4, -0.2) is 57.9 Å². The van der Waals surface area contributed by atoms with Crippen molar-refractivity contribution in [2.24, 2.45) is 11.7 Å². The number of amides is 3. The lowest BCUT2D eigenvalue weighted by Gasteiger charge is -2.27. The van der Waals surface area contributed by atoms with Crippen LogP contribution in [0.4, 0.5) is 0 Å². The van der Waals surface area contributed by atoms with Crippen molar-refractivity contribution in [1.82, 2.24) is 20.9 Å². The number of H-pyrrole nitrogens is 1. The van der Waals surface area contributed by atoms with E-state index in [4.69, 9.17) is 5.73 Å². The third-order valence-electron chi connectivity index (χ3n) is 9.87. The predicted molar refractivity (Wildman–Crippen MR) is 200 cm³/mol. The smallest absolute Gasteiger partial charge is 0.326 e. The molecular formula is C40H45N5O5S. The highest BCUT2D eigenvalue weighted by Gasteiger charge is 2.32. The van der Waals surface area contributed by atoms with Gasteiger partial charge in [-0.15, -0.1) is 11.3 Å². The number of carboxylic acids is 1. The number of nitrogens with two attached hydrogens (primary N) is 1. The number of aromatic nitrogens is 1. The number of fused-ring (bicyclic) bond motifs is 2. The van der Waals surface area contributed by atoms with Crippen LogP contribution in [-0.2, 0) is 38.4 Å². The molecule has 4 atom stereocenters. The van der Waals surface area contributed by atoms with Crippen LogP contribution in [0.3, 0.4) is 0 Å². The molecule has 3 amide bonds. The Morgan fingerprint density at radius 3 is 2.20 bits per heavy atom. The topological polar surface area (TPSA) is 166 Å². The molecule has 0 saturated heterocycles. The van der Waals surface area contributed by atoms with E-state index in [1.165, 1.54) is 17.8 Å². The quantitative estimate of drug-likeness (QED) is 0.0870. The molecule has 1 fully saturated rings. The van der Waals surface area contributed by atoms with Crippen LogP contribution in [0, 0.1) is 5.92 Å². The molecule has 1 aliphatic carbocycles. The SMILES string of the molecule is N[C@@H](CC1CCCCC1)C(=O)N[C@H](Cc1ccc2ccccc2c1)C(=O)N[C@@H](Cc1c[nH]c2ccccc12)C(=O)N[C@@H](Cc1cccs1)C(=O)O. The molecule has 0 aliphatic heterocycles. The summed E-state index contributed by atoms with van der Waals surface area (Å²) in [6.07, 6.45) is 8.21. The lowest BCUT2D eigenvalue weighted by Crippen LogP contribution is -2.58. The van der Waals surface area contributed by atoms with Crippen LogP contribution in [0.25, 0.3) is 21.7 Å². The van der Waals surface area contributed by atoms with E-state index in [-0.39, 0.29) is 19.3 Å². The van der Waals surface area contributed by atoms with Crippen LogP contribution in [0.15, 0.2) is 90.4 Å². The fraction of sp³-hybridized carbons (Fsp3) is 0.350. The van der Waals surface area contributed by atoms with Gasteiger partial charge in [-0.2, -0.15) is 0 Å². The highest BCUT2D eigenvalue weighted by atomic mass is 32.1. The van der Waals surface area contributed by atoms with Gasteiger partial charge in [0.1, 0.15) is 18.1 Å². The van der Waals surface area contributed by atoms with Crippen molar-refractivity contribution in [3.05, 3.63) is 106 Å². The molecule has 7 N–H and O–H groups in total. The van der Waals surface area contributed by atoms with Crippen molar-refractivity contribution in [2.75, 3.05) is 0 Å². The fourth-order valence-corrected chi connectivity index (χ4v) is 7.83. The average molecular weight is 708 g/mol. The first-order valence-electron chi connectivity index (χ1n) is 17.7. The largest absolute Gasteiger partial charge is 0.480 e. The van der Waals surface area contributed by atoms with Gasteiger partial charge in [-0.1, -0.05) is 98.8 Å². The molecule has 6 rings (SSSR count). The van der Waals surface area contributed by atoms with Gasteiger partial charge in [-0.25, -0.2) is 4.79 Å². The lowest BCUT2D eigenvalue weighted by atomic mass is 9.85. The first-order chi connectivity index (χ1) is 24.7. The molecule has 2 heterocycles. The van der Waals surface area contributed by atoms with Gasteiger partial charge in [0.25, 0.3) is 0 Å². The molecule has 0 unspecified atom stereocenters. The number of aromatic amines is 1. The molecule has 1 saturated carbocycles. The number of hydrogen-bond donors (Lipinski definition) is 6. The first-order valence-corrected chi connectivity index (χ1v) is 18.6. The Bertz CT molecular complexity index is 1970. The number of hydrogen-bond acceptors (Lipinski definition) is 6. The minimum absolute atomic E-state index is 0.0881. The second-order valence-electron chi connectivity index (χ2n) is 13.6. The van der Waals surface area contributed by atoms with Gasteiger partial charge in [0.05, 0.1) is 6.04 Å². The number of carbonyl (C=O) groups is 4. The van der Waals surface area contributed by atoms with Crippen molar-refractivity contribution in [3.63, 3.8) is 0 Å². The van der Waals surface area contributed by atoms with E-state index in [2.05, 4.69) is 20.9 Å². The molecule has 0 spiro atoms. The summed E-state index contributed by atoms with van der Waals surface area (Å²) in [6, 6.07) is 20.9. The molecule has 1 aliphatic rings. The molecule has 266 valence electrons. The second kappa shape index (κ2) is 16.8. The van der Waals surface area contributed by atoms with Gasteiger partial charge < -0.3 is 31.8 Å². The Hall–Kier alpha value is -5.00. The number of thiophene rings is 1. The molecule has 0 bridgehead atoms. The highest BCUT2D eigenvalue weighted by Crippen LogP contribution is 2.27. The second-order valence-corrected chi connectivity index (χ2v) is 14.6. The zero-order valence-corrected chi connectivity index (χ0v) is 29.3. The van der Waals surface area contributed by atoms with Crippen LogP contribution >= 0.6 is 11.3 Å². The van der Waals surface area contributed by atoms with Gasteiger partial charge in [-0.3, -0.25) is 14.4 Å². The summed E-state index contributed by atoms with van der Waals surface area (Å²) in [5.41, 5.74) is 8.90. The molecule has 5 aromatic rings. The summed E-state index contributed by atoms with van der Waals surface area (Å²) in [4.78, 5) is 58.1. The Morgan fingerprint density at radius 2 is 1.45 bits per heavy atom. The summed E-state index contributed by atoms with van der Waals surface area (Å²) < 4.78 is 0. The van der Waals surface area contributed by atoms with Crippen LogP contribution in [0.1, 0.15) is 54.5 Å². The summed E-state index contributed by atoms with van der Waals surface area (Å²) in [6.45, 7) is 0. The van der Waals surface area contributed by atoms with Gasteiger partial charge in [0.2, 0.25) is 17.7 Å². The van der Waals surface area contributed by atoms with Crippen molar-refractivity contribution < 1.29 is 24.3 Å². The van der Waals surface area contributed by atoms with Crippen LogP contribution < -0.4 is 21.7 Å². The van der Waals surface area contributed by atoms with E-state index in [1.54, 1.807) is 6.20 Å². The zero-order valence-electron chi connectivity index (χ0n) is 28.5. The van der Waals surface area contributed by atoms with Gasteiger partial charge in [0.15, 0.2) is 0 Å². The maximum atomic E-state index is 14.3. The van der Waals surface area contributed by atoms with E-state index >= 15 is 0 Å². The van der Waals surface area contributed by atoms with Crippen LogP contribution in [0.5, 0.6) is 0 Å². The molecule has 11 heteroatoms. The monoisotopic (exact) mass is 707 g/mol. The van der Waals surface area contributed by atoms with Crippen molar-refractivity contribution in [3.8, 4) is 0 Å². The number of carboxylic acid groups (broad SMARTS) is 1. The van der Waals surface area contributed by atoms with Gasteiger partial charge >= 0.3 is 5.97 Å². The van der Waals surface area contributed by atoms with Crippen molar-refractivity contribution in [2.45, 2.75) is 82.0 Å². The Morgan fingerprint density at radius 1 is 0.765 bits per heavy atom. The first kappa shape index (κ1) is 35.8. The van der Waals surface area contributed by atoms with Crippen molar-refractivity contribution in [1.29, 1.82) is 0 Å². The standard InChI is InChI=1S/C40H45N5O5S/c41-32(20-25-9-2-1-3-10-25)37(46)43-34(21-26-16-17-27-11-4-5-12-28(27)19-26)38(47)44-35(22-29-24-42-33-15-7-6-14-31(29)33)39(48)45-36(40(49)50)23-30-13-8-18-51-30/h4-8,11-19,24-25,32,34-36,42H,1-3,9-10,20-23,41H2,(H,43,46)(H,44,47)(H,45,48)(H,49,50)/t32-,34+,35-,36-/m0/s1. The molecule has 10 nitrogen and oxygen atoms in total. The average Bonchev–Trinajstić information content (AvgIpc) is 3.81. The predicted octanol–water partition coefficient (Wildman–Crippen LogP) is 5.25.